The summed E-state index contributed by atoms with van der Waals surface area (Å²) in [4.78, 5) is 1.40. The summed E-state index contributed by atoms with van der Waals surface area (Å²) in [5.74, 6) is 0. The zero-order chi connectivity index (χ0) is 9.68. The van der Waals surface area contributed by atoms with Crippen LogP contribution >= 0.6 is 11.9 Å². The highest BCUT2D eigenvalue weighted by Crippen LogP contribution is 2.25. The van der Waals surface area contributed by atoms with Gasteiger partial charge in [0.2, 0.25) is 0 Å². The van der Waals surface area contributed by atoms with Crippen LogP contribution in [0.2, 0.25) is 0 Å². The van der Waals surface area contributed by atoms with Crippen molar-refractivity contribution in [1.29, 1.82) is 0 Å². The molecule has 72 valence electrons. The van der Waals surface area contributed by atoms with E-state index in [1.54, 1.807) is 11.9 Å². The van der Waals surface area contributed by atoms with Gasteiger partial charge in [0.05, 0.1) is 0 Å². The molecular weight excluding hydrogens is 178 g/mol. The Balaban J connectivity index is 0.000000396. The molecule has 1 heterocycles. The molecule has 0 radical (unpaired) electrons. The standard InChI is InChI=1S/C9H11NS.C2H6/c1-7-2-3-8-4-5-10-11-9(8)6-7;1-2/h2-3,6,10H,4-5H2,1H3;1-2H3. The highest BCUT2D eigenvalue weighted by Gasteiger charge is 2.07. The summed E-state index contributed by atoms with van der Waals surface area (Å²) in [7, 11) is 0. The number of hydrogen-bond donors (Lipinski definition) is 1. The molecule has 1 aromatic carbocycles. The molecule has 0 saturated carbocycles. The van der Waals surface area contributed by atoms with E-state index in [-0.39, 0.29) is 0 Å². The maximum Gasteiger partial charge on any atom is 0.0263 e. The minimum absolute atomic E-state index is 1.10. The molecule has 1 nitrogen and oxygen atoms in total. The lowest BCUT2D eigenvalue weighted by atomic mass is 10.1. The number of nitrogens with one attached hydrogen (secondary N) is 1. The quantitative estimate of drug-likeness (QED) is 0.638. The first kappa shape index (κ1) is 10.6. The molecule has 1 aliphatic heterocycles. The number of rotatable bonds is 0. The van der Waals surface area contributed by atoms with Crippen LogP contribution in [0, 0.1) is 6.92 Å². The third kappa shape index (κ3) is 2.75. The number of fused-ring (bicyclic) bond motifs is 1. The third-order valence-corrected chi connectivity index (χ3v) is 2.85. The first-order valence-corrected chi connectivity index (χ1v) is 5.67. The second-order valence-corrected chi connectivity index (χ2v) is 3.79. The lowest BCUT2D eigenvalue weighted by Gasteiger charge is -2.15. The van der Waals surface area contributed by atoms with Crippen molar-refractivity contribution in [3.8, 4) is 0 Å². The predicted molar refractivity (Wildman–Crippen MR) is 60.1 cm³/mol. The minimum Gasteiger partial charge on any atom is -0.260 e. The molecule has 0 saturated heterocycles. The minimum atomic E-state index is 1.10. The molecule has 0 atom stereocenters. The summed E-state index contributed by atoms with van der Waals surface area (Å²) < 4.78 is 3.28. The molecule has 0 amide bonds. The molecule has 0 unspecified atom stereocenters. The zero-order valence-corrected chi connectivity index (χ0v) is 9.37. The van der Waals surface area contributed by atoms with Crippen molar-refractivity contribution in [2.75, 3.05) is 6.54 Å². The fraction of sp³-hybridized carbons (Fsp3) is 0.455. The monoisotopic (exact) mass is 195 g/mol. The van der Waals surface area contributed by atoms with Crippen molar-refractivity contribution in [2.24, 2.45) is 0 Å². The second-order valence-electron chi connectivity index (χ2n) is 2.86. The summed E-state index contributed by atoms with van der Waals surface area (Å²) in [5.41, 5.74) is 2.83. The molecule has 2 rings (SSSR count). The first-order chi connectivity index (χ1) is 6.36. The van der Waals surface area contributed by atoms with E-state index >= 15 is 0 Å². The van der Waals surface area contributed by atoms with Crippen molar-refractivity contribution in [3.05, 3.63) is 29.3 Å². The van der Waals surface area contributed by atoms with Crippen LogP contribution in [-0.4, -0.2) is 6.54 Å². The van der Waals surface area contributed by atoms with Gasteiger partial charge in [0.25, 0.3) is 0 Å². The lowest BCUT2D eigenvalue weighted by molar-refractivity contribution is 0.863. The normalized spacial score (nSPS) is 14.1. The summed E-state index contributed by atoms with van der Waals surface area (Å²) in [5, 5.41) is 0. The Hall–Kier alpha value is -0.470. The molecule has 2 heteroatoms. The SMILES string of the molecule is CC.Cc1ccc2c(c1)SNCC2. The van der Waals surface area contributed by atoms with E-state index in [1.165, 1.54) is 22.4 Å². The van der Waals surface area contributed by atoms with Gasteiger partial charge in [-0.3, -0.25) is 4.72 Å². The van der Waals surface area contributed by atoms with Gasteiger partial charge in [0.1, 0.15) is 0 Å². The number of aryl methyl sites for hydroxylation is 1. The van der Waals surface area contributed by atoms with Crippen LogP contribution in [0.25, 0.3) is 0 Å². The molecule has 0 bridgehead atoms. The number of benzene rings is 1. The van der Waals surface area contributed by atoms with Gasteiger partial charge in [0, 0.05) is 11.4 Å². The van der Waals surface area contributed by atoms with Crippen LogP contribution < -0.4 is 4.72 Å². The van der Waals surface area contributed by atoms with Gasteiger partial charge in [-0.05, 0) is 42.5 Å². The van der Waals surface area contributed by atoms with E-state index in [0.717, 1.165) is 6.54 Å². The maximum atomic E-state index is 3.28. The molecule has 0 aromatic heterocycles. The van der Waals surface area contributed by atoms with Gasteiger partial charge in [-0.25, -0.2) is 0 Å². The van der Waals surface area contributed by atoms with Crippen molar-refractivity contribution >= 4 is 11.9 Å². The Morgan fingerprint density at radius 3 is 2.85 bits per heavy atom. The molecule has 1 aliphatic rings. The molecular formula is C11H17NS. The van der Waals surface area contributed by atoms with Gasteiger partial charge < -0.3 is 0 Å². The molecule has 0 fully saturated rings. The van der Waals surface area contributed by atoms with Gasteiger partial charge >= 0.3 is 0 Å². The topological polar surface area (TPSA) is 12.0 Å². The van der Waals surface area contributed by atoms with E-state index in [1.807, 2.05) is 13.8 Å². The Morgan fingerprint density at radius 1 is 1.31 bits per heavy atom. The summed E-state index contributed by atoms with van der Waals surface area (Å²) in [6.07, 6.45) is 1.17. The smallest absolute Gasteiger partial charge is 0.0263 e. The van der Waals surface area contributed by atoms with Crippen molar-refractivity contribution in [3.63, 3.8) is 0 Å². The molecule has 1 N–H and O–H groups in total. The van der Waals surface area contributed by atoms with Crippen molar-refractivity contribution in [1.82, 2.24) is 4.72 Å². The van der Waals surface area contributed by atoms with E-state index in [0.29, 0.717) is 0 Å². The molecule has 0 spiro atoms. The second kappa shape index (κ2) is 5.30. The first-order valence-electron chi connectivity index (χ1n) is 4.85. The van der Waals surface area contributed by atoms with Crippen LogP contribution in [-0.2, 0) is 6.42 Å². The van der Waals surface area contributed by atoms with Gasteiger partial charge in [-0.1, -0.05) is 26.0 Å². The summed E-state index contributed by atoms with van der Waals surface area (Å²) in [6.45, 7) is 7.23. The third-order valence-electron chi connectivity index (χ3n) is 1.90. The highest BCUT2D eigenvalue weighted by molar-refractivity contribution is 7.97. The molecule has 1 aromatic rings. The molecule has 0 aliphatic carbocycles. The zero-order valence-electron chi connectivity index (χ0n) is 8.55. The maximum absolute atomic E-state index is 3.28. The Kier molecular flexibility index (Phi) is 4.33. The molecule has 13 heavy (non-hydrogen) atoms. The van der Waals surface area contributed by atoms with E-state index in [2.05, 4.69) is 29.8 Å². The Labute approximate surface area is 85.1 Å². The van der Waals surface area contributed by atoms with E-state index in [4.69, 9.17) is 0 Å². The van der Waals surface area contributed by atoms with Crippen LogP contribution in [0.4, 0.5) is 0 Å². The van der Waals surface area contributed by atoms with Gasteiger partial charge in [-0.2, -0.15) is 0 Å². The Morgan fingerprint density at radius 2 is 2.08 bits per heavy atom. The van der Waals surface area contributed by atoms with Crippen molar-refractivity contribution < 1.29 is 0 Å². The van der Waals surface area contributed by atoms with E-state index < -0.39 is 0 Å². The van der Waals surface area contributed by atoms with Crippen LogP contribution in [0.5, 0.6) is 0 Å². The largest absolute Gasteiger partial charge is 0.260 e. The van der Waals surface area contributed by atoms with Crippen LogP contribution in [0.3, 0.4) is 0 Å². The van der Waals surface area contributed by atoms with Crippen LogP contribution in [0.15, 0.2) is 23.1 Å². The average Bonchev–Trinajstić information content (AvgIpc) is 2.21. The summed E-state index contributed by atoms with van der Waals surface area (Å²) >= 11 is 1.75. The van der Waals surface area contributed by atoms with Crippen molar-refractivity contribution in [2.45, 2.75) is 32.1 Å². The van der Waals surface area contributed by atoms with Gasteiger partial charge in [-0.15, -0.1) is 0 Å². The summed E-state index contributed by atoms with van der Waals surface area (Å²) in [6, 6.07) is 6.66. The Bertz CT molecular complexity index is 271. The fourth-order valence-electron chi connectivity index (χ4n) is 1.28. The van der Waals surface area contributed by atoms with Crippen LogP contribution in [0.1, 0.15) is 25.0 Å². The van der Waals surface area contributed by atoms with Gasteiger partial charge in [0.15, 0.2) is 0 Å². The predicted octanol–water partition coefficient (Wildman–Crippen LogP) is 3.17. The highest BCUT2D eigenvalue weighted by atomic mass is 32.2. The fourth-order valence-corrected chi connectivity index (χ4v) is 2.18. The lowest BCUT2D eigenvalue weighted by Crippen LogP contribution is -2.14. The van der Waals surface area contributed by atoms with E-state index in [9.17, 15) is 0 Å². The number of hydrogen-bond acceptors (Lipinski definition) is 2. The average molecular weight is 195 g/mol.